The molecule has 86 valence electrons. The lowest BCUT2D eigenvalue weighted by molar-refractivity contribution is 0.103. The zero-order valence-corrected chi connectivity index (χ0v) is 10.2. The normalized spacial score (nSPS) is 13.4. The zero-order chi connectivity index (χ0) is 12.0. The predicted molar refractivity (Wildman–Crippen MR) is 65.5 cm³/mol. The van der Waals surface area contributed by atoms with Gasteiger partial charge < -0.3 is 0 Å². The molecule has 0 bridgehead atoms. The Balaban J connectivity index is 2.24. The molecular formula is C13H11ClN2O. The van der Waals surface area contributed by atoms with Crippen molar-refractivity contribution in [3.8, 4) is 0 Å². The second kappa shape index (κ2) is 3.70. The van der Waals surface area contributed by atoms with Gasteiger partial charge in [-0.05, 0) is 17.5 Å². The number of benzene rings is 1. The second-order valence-electron chi connectivity index (χ2n) is 4.18. The lowest BCUT2D eigenvalue weighted by Crippen LogP contribution is -2.17. The van der Waals surface area contributed by atoms with E-state index in [9.17, 15) is 4.79 Å². The minimum Gasteiger partial charge on any atom is -0.288 e. The summed E-state index contributed by atoms with van der Waals surface area (Å²) < 4.78 is 1.27. The summed E-state index contributed by atoms with van der Waals surface area (Å²) in [5.74, 6) is 0.0469. The molecule has 1 aromatic carbocycles. The first kappa shape index (κ1) is 10.5. The lowest BCUT2D eigenvalue weighted by atomic mass is 9.85. The molecule has 1 aromatic heterocycles. The van der Waals surface area contributed by atoms with Gasteiger partial charge in [0, 0.05) is 23.8 Å². The van der Waals surface area contributed by atoms with Gasteiger partial charge in [0.1, 0.15) is 0 Å². The first-order valence-electron chi connectivity index (χ1n) is 5.61. The number of hydrogen-bond acceptors (Lipinski definition) is 2. The topological polar surface area (TPSA) is 34.9 Å². The quantitative estimate of drug-likeness (QED) is 0.662. The number of carbonyl (C=O) groups is 1. The van der Waals surface area contributed by atoms with Crippen LogP contribution in [0.5, 0.6) is 0 Å². The summed E-state index contributed by atoms with van der Waals surface area (Å²) >= 11 is 5.92. The fourth-order valence-electron chi connectivity index (χ4n) is 2.40. The van der Waals surface area contributed by atoms with E-state index < -0.39 is 0 Å². The van der Waals surface area contributed by atoms with Gasteiger partial charge in [-0.2, -0.15) is 9.30 Å². The Morgan fingerprint density at radius 1 is 1.47 bits per heavy atom. The summed E-state index contributed by atoms with van der Waals surface area (Å²) in [5, 5.41) is 3.95. The molecule has 0 amide bonds. The van der Waals surface area contributed by atoms with Gasteiger partial charge in [0.05, 0.1) is 17.5 Å². The van der Waals surface area contributed by atoms with E-state index in [1.54, 1.807) is 6.20 Å². The van der Waals surface area contributed by atoms with Gasteiger partial charge in [-0.25, -0.2) is 0 Å². The summed E-state index contributed by atoms with van der Waals surface area (Å²) in [6, 6.07) is 5.98. The van der Waals surface area contributed by atoms with Crippen molar-refractivity contribution >= 4 is 17.6 Å². The van der Waals surface area contributed by atoms with E-state index in [1.807, 2.05) is 18.2 Å². The van der Waals surface area contributed by atoms with E-state index in [2.05, 4.69) is 12.0 Å². The molecule has 1 aliphatic carbocycles. The fourth-order valence-corrected chi connectivity index (χ4v) is 2.60. The highest BCUT2D eigenvalue weighted by atomic mass is 35.5. The summed E-state index contributed by atoms with van der Waals surface area (Å²) in [6.45, 7) is 2.06. The Hall–Kier alpha value is -1.61. The molecule has 4 heteroatoms. The molecule has 17 heavy (non-hydrogen) atoms. The van der Waals surface area contributed by atoms with Crippen molar-refractivity contribution in [2.24, 2.45) is 0 Å². The summed E-state index contributed by atoms with van der Waals surface area (Å²) in [7, 11) is 0. The summed E-state index contributed by atoms with van der Waals surface area (Å²) in [4.78, 5) is 12.4. The SMILES string of the molecule is CCc1cccc2c1C(=O)c1cnn(Cl)c1C2. The Morgan fingerprint density at radius 3 is 3.06 bits per heavy atom. The van der Waals surface area contributed by atoms with E-state index in [1.165, 1.54) is 4.20 Å². The molecule has 0 spiro atoms. The van der Waals surface area contributed by atoms with Crippen LogP contribution in [0.3, 0.4) is 0 Å². The second-order valence-corrected chi connectivity index (χ2v) is 4.50. The average Bonchev–Trinajstić information content (AvgIpc) is 2.71. The smallest absolute Gasteiger partial charge is 0.197 e. The highest BCUT2D eigenvalue weighted by Crippen LogP contribution is 2.29. The molecule has 0 aliphatic heterocycles. The summed E-state index contributed by atoms with van der Waals surface area (Å²) in [5.41, 5.74) is 4.41. The number of carbonyl (C=O) groups excluding carboxylic acids is 1. The number of ketones is 1. The zero-order valence-electron chi connectivity index (χ0n) is 9.40. The average molecular weight is 247 g/mol. The van der Waals surface area contributed by atoms with Crippen LogP contribution in [0.15, 0.2) is 24.4 Å². The standard InChI is InChI=1S/C13H11ClN2O/c1-2-8-4-3-5-9-6-11-10(7-15-16(11)14)13(17)12(8)9/h3-5,7H,2,6H2,1H3. The molecule has 2 aromatic rings. The number of aryl methyl sites for hydroxylation is 1. The number of aromatic nitrogens is 2. The third-order valence-corrected chi connectivity index (χ3v) is 3.56. The van der Waals surface area contributed by atoms with Crippen LogP contribution in [0.2, 0.25) is 0 Å². The minimum absolute atomic E-state index is 0.0469. The monoisotopic (exact) mass is 246 g/mol. The largest absolute Gasteiger partial charge is 0.288 e. The third kappa shape index (κ3) is 1.42. The van der Waals surface area contributed by atoms with Crippen LogP contribution in [-0.2, 0) is 12.8 Å². The van der Waals surface area contributed by atoms with Crippen LogP contribution in [0, 0.1) is 0 Å². The van der Waals surface area contributed by atoms with Crippen LogP contribution in [0.1, 0.15) is 39.7 Å². The van der Waals surface area contributed by atoms with Gasteiger partial charge in [0.25, 0.3) is 0 Å². The third-order valence-electron chi connectivity index (χ3n) is 3.27. The molecule has 0 atom stereocenters. The van der Waals surface area contributed by atoms with Gasteiger partial charge in [-0.1, -0.05) is 25.1 Å². The predicted octanol–water partition coefficient (Wildman–Crippen LogP) is 2.58. The van der Waals surface area contributed by atoms with Crippen molar-refractivity contribution in [2.45, 2.75) is 19.8 Å². The van der Waals surface area contributed by atoms with Crippen LogP contribution >= 0.6 is 11.8 Å². The first-order valence-corrected chi connectivity index (χ1v) is 5.94. The minimum atomic E-state index is 0.0469. The fraction of sp³-hybridized carbons (Fsp3) is 0.231. The Morgan fingerprint density at radius 2 is 2.29 bits per heavy atom. The van der Waals surface area contributed by atoms with Gasteiger partial charge in [0.15, 0.2) is 5.78 Å². The lowest BCUT2D eigenvalue weighted by Gasteiger charge is -2.18. The van der Waals surface area contributed by atoms with Gasteiger partial charge in [0.2, 0.25) is 0 Å². The number of halogens is 1. The molecule has 1 aliphatic rings. The van der Waals surface area contributed by atoms with Gasteiger partial charge in [-0.15, -0.1) is 0 Å². The van der Waals surface area contributed by atoms with E-state index in [4.69, 9.17) is 11.8 Å². The molecular weight excluding hydrogens is 236 g/mol. The molecule has 0 saturated carbocycles. The maximum atomic E-state index is 12.4. The molecule has 0 saturated heterocycles. The Kier molecular flexibility index (Phi) is 2.30. The van der Waals surface area contributed by atoms with Crippen LogP contribution in [-0.4, -0.2) is 15.1 Å². The van der Waals surface area contributed by atoms with Crippen molar-refractivity contribution in [2.75, 3.05) is 0 Å². The van der Waals surface area contributed by atoms with Crippen LogP contribution in [0.25, 0.3) is 0 Å². The molecule has 1 heterocycles. The van der Waals surface area contributed by atoms with Crippen molar-refractivity contribution in [3.63, 3.8) is 0 Å². The Labute approximate surface area is 104 Å². The van der Waals surface area contributed by atoms with Crippen molar-refractivity contribution in [3.05, 3.63) is 52.3 Å². The number of rotatable bonds is 1. The molecule has 3 nitrogen and oxygen atoms in total. The Bertz CT molecular complexity index is 616. The number of fused-ring (bicyclic) bond motifs is 2. The molecule has 3 rings (SSSR count). The molecule has 0 unspecified atom stereocenters. The molecule has 0 radical (unpaired) electrons. The molecule has 0 N–H and O–H groups in total. The highest BCUT2D eigenvalue weighted by molar-refractivity contribution is 6.18. The van der Waals surface area contributed by atoms with Gasteiger partial charge >= 0.3 is 0 Å². The number of nitrogens with zero attached hydrogens (tertiary/aromatic N) is 2. The van der Waals surface area contributed by atoms with Crippen LogP contribution < -0.4 is 0 Å². The van der Waals surface area contributed by atoms with E-state index in [0.29, 0.717) is 12.0 Å². The van der Waals surface area contributed by atoms with Gasteiger partial charge in [-0.3, -0.25) is 4.79 Å². The molecule has 0 fully saturated rings. The van der Waals surface area contributed by atoms with E-state index in [0.717, 1.165) is 28.8 Å². The van der Waals surface area contributed by atoms with E-state index >= 15 is 0 Å². The maximum Gasteiger partial charge on any atom is 0.197 e. The first-order chi connectivity index (χ1) is 8.22. The maximum absolute atomic E-state index is 12.4. The van der Waals surface area contributed by atoms with Crippen molar-refractivity contribution in [1.82, 2.24) is 9.30 Å². The number of hydrogen-bond donors (Lipinski definition) is 0. The summed E-state index contributed by atoms with van der Waals surface area (Å²) in [6.07, 6.45) is 3.09. The highest BCUT2D eigenvalue weighted by Gasteiger charge is 2.28. The van der Waals surface area contributed by atoms with Crippen molar-refractivity contribution in [1.29, 1.82) is 0 Å². The van der Waals surface area contributed by atoms with E-state index in [-0.39, 0.29) is 5.78 Å². The van der Waals surface area contributed by atoms with Crippen LogP contribution in [0.4, 0.5) is 0 Å². The van der Waals surface area contributed by atoms with Crippen molar-refractivity contribution < 1.29 is 4.79 Å².